The first-order chi connectivity index (χ1) is 6.40. The first-order valence-electron chi connectivity index (χ1n) is 4.04. The molecule has 0 unspecified atom stereocenters. The van der Waals surface area contributed by atoms with Crippen LogP contribution in [0.15, 0.2) is 30.7 Å². The van der Waals surface area contributed by atoms with E-state index in [0.29, 0.717) is 6.54 Å². The zero-order chi connectivity index (χ0) is 9.10. The first kappa shape index (κ1) is 7.94. The van der Waals surface area contributed by atoms with Gasteiger partial charge in [-0.1, -0.05) is 0 Å². The van der Waals surface area contributed by atoms with Crippen LogP contribution in [0.1, 0.15) is 5.82 Å². The molecule has 2 rings (SSSR count). The second kappa shape index (κ2) is 3.37. The Bertz CT molecular complexity index is 380. The van der Waals surface area contributed by atoms with Crippen LogP contribution in [0.3, 0.4) is 0 Å². The molecule has 2 heterocycles. The Morgan fingerprint density at radius 3 is 2.69 bits per heavy atom. The van der Waals surface area contributed by atoms with Crippen molar-refractivity contribution in [1.29, 1.82) is 0 Å². The predicted octanol–water partition coefficient (Wildman–Crippen LogP) is 0.930. The quantitative estimate of drug-likeness (QED) is 0.711. The molecule has 0 atom stereocenters. The lowest BCUT2D eigenvalue weighted by Crippen LogP contribution is -1.97. The topological polar surface area (TPSA) is 67.6 Å². The average molecular weight is 174 g/mol. The number of nitrogens with zero attached hydrogens (tertiary/aromatic N) is 2. The van der Waals surface area contributed by atoms with E-state index in [1.165, 1.54) is 0 Å². The van der Waals surface area contributed by atoms with Crippen LogP contribution in [0.25, 0.3) is 11.3 Å². The average Bonchev–Trinajstić information content (AvgIpc) is 2.67. The van der Waals surface area contributed by atoms with E-state index < -0.39 is 0 Å². The van der Waals surface area contributed by atoms with E-state index in [-0.39, 0.29) is 0 Å². The van der Waals surface area contributed by atoms with Crippen LogP contribution < -0.4 is 5.73 Å². The lowest BCUT2D eigenvalue weighted by molar-refractivity contribution is 0.950. The molecule has 0 saturated carbocycles. The molecule has 0 amide bonds. The molecule has 2 aromatic heterocycles. The number of nitrogens with one attached hydrogen (secondary N) is 1. The molecule has 2 aromatic rings. The van der Waals surface area contributed by atoms with E-state index in [2.05, 4.69) is 15.0 Å². The zero-order valence-electron chi connectivity index (χ0n) is 7.07. The number of H-pyrrole nitrogens is 1. The van der Waals surface area contributed by atoms with Crippen LogP contribution in [0, 0.1) is 0 Å². The summed E-state index contributed by atoms with van der Waals surface area (Å²) in [5.74, 6) is 0.798. The summed E-state index contributed by atoms with van der Waals surface area (Å²) in [6, 6.07) is 3.85. The fourth-order valence-corrected chi connectivity index (χ4v) is 1.14. The number of hydrogen-bond acceptors (Lipinski definition) is 3. The van der Waals surface area contributed by atoms with Crippen LogP contribution in [-0.4, -0.2) is 15.0 Å². The van der Waals surface area contributed by atoms with E-state index in [1.807, 2.05) is 12.1 Å². The van der Waals surface area contributed by atoms with Crippen molar-refractivity contribution in [2.24, 2.45) is 5.73 Å². The fourth-order valence-electron chi connectivity index (χ4n) is 1.14. The number of aromatic amines is 1. The Hall–Kier alpha value is -1.68. The third kappa shape index (κ3) is 1.57. The summed E-state index contributed by atoms with van der Waals surface area (Å²) >= 11 is 0. The van der Waals surface area contributed by atoms with Gasteiger partial charge in [-0.05, 0) is 12.1 Å². The highest BCUT2D eigenvalue weighted by atomic mass is 14.9. The van der Waals surface area contributed by atoms with Crippen molar-refractivity contribution in [2.45, 2.75) is 6.54 Å². The van der Waals surface area contributed by atoms with Gasteiger partial charge in [0.1, 0.15) is 5.82 Å². The molecular formula is C9H10N4. The minimum absolute atomic E-state index is 0.436. The zero-order valence-corrected chi connectivity index (χ0v) is 7.07. The van der Waals surface area contributed by atoms with Gasteiger partial charge >= 0.3 is 0 Å². The number of nitrogens with two attached hydrogens (primary N) is 1. The first-order valence-corrected chi connectivity index (χ1v) is 4.04. The molecule has 66 valence electrons. The maximum Gasteiger partial charge on any atom is 0.120 e. The normalized spacial score (nSPS) is 10.2. The lowest BCUT2D eigenvalue weighted by Gasteiger charge is -1.94. The Labute approximate surface area is 75.8 Å². The van der Waals surface area contributed by atoms with E-state index in [4.69, 9.17) is 5.73 Å². The maximum absolute atomic E-state index is 5.44. The molecule has 0 radical (unpaired) electrons. The summed E-state index contributed by atoms with van der Waals surface area (Å²) in [5.41, 5.74) is 7.48. The Kier molecular flexibility index (Phi) is 2.06. The molecule has 0 spiro atoms. The molecule has 0 aromatic carbocycles. The van der Waals surface area contributed by atoms with Gasteiger partial charge in [0.15, 0.2) is 0 Å². The van der Waals surface area contributed by atoms with Gasteiger partial charge in [0.2, 0.25) is 0 Å². The fraction of sp³-hybridized carbons (Fsp3) is 0.111. The molecule has 4 nitrogen and oxygen atoms in total. The van der Waals surface area contributed by atoms with Gasteiger partial charge < -0.3 is 10.7 Å². The van der Waals surface area contributed by atoms with Crippen molar-refractivity contribution >= 4 is 0 Å². The van der Waals surface area contributed by atoms with Crippen LogP contribution in [0.4, 0.5) is 0 Å². The van der Waals surface area contributed by atoms with Crippen LogP contribution in [0.2, 0.25) is 0 Å². The molecule has 0 bridgehead atoms. The third-order valence-electron chi connectivity index (χ3n) is 1.81. The molecule has 0 aliphatic carbocycles. The molecule has 0 aliphatic heterocycles. The number of hydrogen-bond donors (Lipinski definition) is 2. The van der Waals surface area contributed by atoms with Gasteiger partial charge in [-0.25, -0.2) is 4.98 Å². The molecule has 0 aliphatic rings. The monoisotopic (exact) mass is 174 g/mol. The number of rotatable bonds is 2. The standard InChI is InChI=1S/C9H10N4/c10-5-9-12-6-8(13-9)7-1-3-11-4-2-7/h1-4,6H,5,10H2,(H,12,13). The number of pyridine rings is 1. The van der Waals surface area contributed by atoms with Gasteiger partial charge in [0.05, 0.1) is 18.4 Å². The molecule has 3 N–H and O–H groups in total. The highest BCUT2D eigenvalue weighted by Gasteiger charge is 2.00. The summed E-state index contributed by atoms with van der Waals surface area (Å²) in [4.78, 5) is 11.2. The highest BCUT2D eigenvalue weighted by Crippen LogP contribution is 2.14. The summed E-state index contributed by atoms with van der Waals surface area (Å²) in [6.07, 6.45) is 5.27. The highest BCUT2D eigenvalue weighted by molar-refractivity contribution is 5.57. The van der Waals surface area contributed by atoms with Gasteiger partial charge in [-0.2, -0.15) is 0 Å². The largest absolute Gasteiger partial charge is 0.341 e. The molecule has 0 fully saturated rings. The summed E-state index contributed by atoms with van der Waals surface area (Å²) < 4.78 is 0. The van der Waals surface area contributed by atoms with Crippen LogP contribution in [0.5, 0.6) is 0 Å². The lowest BCUT2D eigenvalue weighted by atomic mass is 10.2. The number of aromatic nitrogens is 3. The molecular weight excluding hydrogens is 164 g/mol. The van der Waals surface area contributed by atoms with Gasteiger partial charge in [0.25, 0.3) is 0 Å². The maximum atomic E-state index is 5.44. The minimum Gasteiger partial charge on any atom is -0.341 e. The smallest absolute Gasteiger partial charge is 0.120 e. The van der Waals surface area contributed by atoms with Gasteiger partial charge in [-0.15, -0.1) is 0 Å². The molecule has 4 heteroatoms. The molecule has 13 heavy (non-hydrogen) atoms. The van der Waals surface area contributed by atoms with Crippen LogP contribution >= 0.6 is 0 Å². The number of imidazole rings is 1. The summed E-state index contributed by atoms with van der Waals surface area (Å²) in [5, 5.41) is 0. The van der Waals surface area contributed by atoms with Crippen molar-refractivity contribution in [3.05, 3.63) is 36.5 Å². The SMILES string of the molecule is NCc1ncc(-c2ccncc2)[nH]1. The van der Waals surface area contributed by atoms with E-state index in [9.17, 15) is 0 Å². The second-order valence-corrected chi connectivity index (χ2v) is 2.68. The molecule has 0 saturated heterocycles. The van der Waals surface area contributed by atoms with Crippen molar-refractivity contribution in [1.82, 2.24) is 15.0 Å². The predicted molar refractivity (Wildman–Crippen MR) is 49.7 cm³/mol. The second-order valence-electron chi connectivity index (χ2n) is 2.68. The Morgan fingerprint density at radius 2 is 2.08 bits per heavy atom. The van der Waals surface area contributed by atoms with Crippen molar-refractivity contribution < 1.29 is 0 Å². The van der Waals surface area contributed by atoms with E-state index in [0.717, 1.165) is 17.1 Å². The van der Waals surface area contributed by atoms with E-state index in [1.54, 1.807) is 18.6 Å². The van der Waals surface area contributed by atoms with Crippen molar-refractivity contribution in [3.8, 4) is 11.3 Å². The van der Waals surface area contributed by atoms with Crippen molar-refractivity contribution in [3.63, 3.8) is 0 Å². The minimum atomic E-state index is 0.436. The van der Waals surface area contributed by atoms with Crippen molar-refractivity contribution in [2.75, 3.05) is 0 Å². The Balaban J connectivity index is 2.36. The summed E-state index contributed by atoms with van der Waals surface area (Å²) in [6.45, 7) is 0.436. The third-order valence-corrected chi connectivity index (χ3v) is 1.81. The summed E-state index contributed by atoms with van der Waals surface area (Å²) in [7, 11) is 0. The van der Waals surface area contributed by atoms with E-state index >= 15 is 0 Å². The van der Waals surface area contributed by atoms with Gasteiger partial charge in [0, 0.05) is 18.0 Å². The Morgan fingerprint density at radius 1 is 1.31 bits per heavy atom. The van der Waals surface area contributed by atoms with Crippen LogP contribution in [-0.2, 0) is 6.54 Å². The van der Waals surface area contributed by atoms with Gasteiger partial charge in [-0.3, -0.25) is 4.98 Å².